The van der Waals surface area contributed by atoms with Crippen molar-refractivity contribution in [3.05, 3.63) is 510 Å². The van der Waals surface area contributed by atoms with E-state index in [1.54, 1.807) is 6.20 Å². The Bertz CT molecular complexity index is 7870. The van der Waals surface area contributed by atoms with E-state index in [0.717, 1.165) is 140 Å². The molecule has 0 saturated carbocycles. The summed E-state index contributed by atoms with van der Waals surface area (Å²) in [5.41, 5.74) is 25.2. The van der Waals surface area contributed by atoms with Gasteiger partial charge in [-0.3, -0.25) is 17.8 Å². The molecule has 1 aliphatic heterocycles. The van der Waals surface area contributed by atoms with Gasteiger partial charge in [0.2, 0.25) is 0 Å². The number of pyridine rings is 3. The number of rotatable bonds is 12. The molecule has 9 heterocycles. The van der Waals surface area contributed by atoms with Crippen molar-refractivity contribution in [1.29, 1.82) is 0 Å². The van der Waals surface area contributed by atoms with Gasteiger partial charge in [-0.1, -0.05) is 303 Å². The fraction of sp³-hybridized carbons (Fsp3) is 0. The molecule has 0 amide bonds. The predicted molar refractivity (Wildman–Crippen MR) is 533 cm³/mol. The van der Waals surface area contributed by atoms with Gasteiger partial charge in [0.25, 0.3) is 0 Å². The Morgan fingerprint density at radius 2 is 0.721 bits per heavy atom. The van der Waals surface area contributed by atoms with Crippen LogP contribution in [0.2, 0.25) is 0 Å². The SMILES string of the molecule is [Au+3].[Au+3].[Au+3].[C-]#Cc1ccccc1.[C-]#Cc1ccccc1.[C-]#Cc1ccccc1.[c-]1c(-c2cc(-c3ccc(-c4ccccc4)cc3)n[n-]2)ccc2c3ccccc3n(-c3ccccn3)c12.[c-]1c(-c2nc(-c3ccc(-c4ccccc4)cc3)c[n-]2)ccc2c1N(c1ccccn1)c1ccccc1O2.[c-]1c(-c2nc(-c3ccc(-c4ccccc4)cc3)c[n-]2)cccc1-n1c2ccccc2c2cccnc21. The van der Waals surface area contributed by atoms with Crippen LogP contribution in [0.1, 0.15) is 16.7 Å². The second-order valence-electron chi connectivity index (χ2n) is 30.6. The van der Waals surface area contributed by atoms with Gasteiger partial charge in [0.05, 0.1) is 17.0 Å². The van der Waals surface area contributed by atoms with Gasteiger partial charge in [-0.15, -0.1) is 125 Å². The number of nitrogens with zero attached hydrogens (tertiary/aromatic N) is 12. The molecule has 13 nitrogen and oxygen atoms in total. The number of hydrogen-bond donors (Lipinski definition) is 0. The van der Waals surface area contributed by atoms with Gasteiger partial charge < -0.3 is 68.2 Å². The van der Waals surface area contributed by atoms with E-state index >= 15 is 0 Å². The molecule has 16 heteroatoms. The summed E-state index contributed by atoms with van der Waals surface area (Å²) in [5.74, 6) is 11.2. The number of ether oxygens (including phenoxy) is 1. The zero-order valence-electron chi connectivity index (χ0n) is 72.5. The largest absolute Gasteiger partial charge is 3.00 e. The maximum absolute atomic E-state index is 6.69. The van der Waals surface area contributed by atoms with Crippen LogP contribution in [0.25, 0.3) is 156 Å². The van der Waals surface area contributed by atoms with Gasteiger partial charge in [0.1, 0.15) is 23.0 Å². The van der Waals surface area contributed by atoms with Gasteiger partial charge in [-0.2, -0.15) is 16.7 Å². The van der Waals surface area contributed by atoms with E-state index in [1.807, 2.05) is 243 Å². The first kappa shape index (κ1) is 92.7. The molecule has 1 aliphatic rings. The van der Waals surface area contributed by atoms with Crippen molar-refractivity contribution in [3.63, 3.8) is 0 Å². The monoisotopic (exact) mass is 2290 g/mol. The molecule has 15 aromatic carbocycles. The molecule has 136 heavy (non-hydrogen) atoms. The van der Waals surface area contributed by atoms with Crippen molar-refractivity contribution < 1.29 is 71.9 Å². The Labute approximate surface area is 836 Å². The summed E-state index contributed by atoms with van der Waals surface area (Å²) in [4.78, 5) is 34.8. The number of para-hydroxylation sites is 4. The molecule has 23 aromatic rings. The summed E-state index contributed by atoms with van der Waals surface area (Å²) < 4.78 is 10.5. The number of imidazole rings is 2. The Morgan fingerprint density at radius 1 is 0.301 bits per heavy atom. The molecule has 0 unspecified atom stereocenters. The molecule has 0 bridgehead atoms. The molecule has 24 rings (SSSR count). The van der Waals surface area contributed by atoms with Crippen molar-refractivity contribution in [2.24, 2.45) is 0 Å². The maximum atomic E-state index is 6.69. The van der Waals surface area contributed by atoms with Crippen molar-refractivity contribution in [1.82, 2.24) is 54.2 Å². The molecule has 0 spiro atoms. The third-order valence-corrected chi connectivity index (χ3v) is 22.2. The topological polar surface area (TPSA) is 142 Å². The van der Waals surface area contributed by atoms with E-state index in [9.17, 15) is 0 Å². The first-order chi connectivity index (χ1) is 65.8. The van der Waals surface area contributed by atoms with Crippen LogP contribution in [0, 0.1) is 55.2 Å². The molecule has 0 saturated heterocycles. The first-order valence-corrected chi connectivity index (χ1v) is 43.0. The van der Waals surface area contributed by atoms with Crippen molar-refractivity contribution in [2.45, 2.75) is 0 Å². The number of aromatic nitrogens is 11. The average molecular weight is 2290 g/mol. The summed E-state index contributed by atoms with van der Waals surface area (Å²) in [6, 6.07) is 152. The summed E-state index contributed by atoms with van der Waals surface area (Å²) >= 11 is 0. The molecule has 8 aromatic heterocycles. The Kier molecular flexibility index (Phi) is 30.4. The van der Waals surface area contributed by atoms with Gasteiger partial charge in [-0.25, -0.2) is 20.6 Å². The second-order valence-corrected chi connectivity index (χ2v) is 30.6. The predicted octanol–water partition coefficient (Wildman–Crippen LogP) is 27.3. The molecule has 0 aliphatic carbocycles. The Morgan fingerprint density at radius 3 is 1.23 bits per heavy atom. The van der Waals surface area contributed by atoms with Gasteiger partial charge >= 0.3 is 67.1 Å². The first-order valence-electron chi connectivity index (χ1n) is 43.0. The zero-order chi connectivity index (χ0) is 89.9. The standard InChI is InChI=1S/C32H20N4O.2C32H20N4.3C8H5.3Au/c1-2-8-22(9-3-1)23-13-15-24(16-14-23)26-21-34-32(35-26)25-17-18-30-28(20-25)36(31-12-6-7-19-33-31)27-10-4-5-11-29(27)37-30;1-2-8-22(9-3-1)23-15-17-24(18-16-23)29-21-34-31(35-29)25-10-6-11-26(20-25)36-30-14-5-4-12-27(30)28-13-7-19-33-32(28)36;1-2-8-22(9-3-1)23-13-15-24(16-14-23)28-21-29(35-34-28)25-17-18-27-26-10-4-5-11-30(26)36(31(27)20-25)32-12-6-7-19-33-32;3*1-2-8-6-4-3-5-7-8;;;/h1-19,21H;2*1-19,21H;3*3-7H;;;/q3*-2;3*-1;3*+3. The second kappa shape index (κ2) is 44.6. The normalized spacial score (nSPS) is 10.6. The van der Waals surface area contributed by atoms with Crippen molar-refractivity contribution in [2.75, 3.05) is 4.90 Å². The van der Waals surface area contributed by atoms with E-state index in [2.05, 4.69) is 291 Å². The fourth-order valence-electron chi connectivity index (χ4n) is 15.7. The summed E-state index contributed by atoms with van der Waals surface area (Å²) in [7, 11) is 0. The van der Waals surface area contributed by atoms with Crippen LogP contribution in [0.3, 0.4) is 0 Å². The maximum Gasteiger partial charge on any atom is 3.00 e. The van der Waals surface area contributed by atoms with Gasteiger partial charge in [-0.05, 0) is 139 Å². The van der Waals surface area contributed by atoms with E-state index < -0.39 is 0 Å². The third-order valence-electron chi connectivity index (χ3n) is 22.2. The minimum atomic E-state index is 0. The summed E-state index contributed by atoms with van der Waals surface area (Å²) in [6.07, 6.45) is 29.2. The average Bonchev–Trinajstić information content (AvgIpc) is 1.36. The van der Waals surface area contributed by atoms with E-state index in [-0.39, 0.29) is 67.1 Å². The number of fused-ring (bicyclic) bond motifs is 8. The molecule has 0 atom stereocenters. The smallest absolute Gasteiger partial charge is 0.618 e. The minimum Gasteiger partial charge on any atom is -0.618 e. The molecule has 654 valence electrons. The van der Waals surface area contributed by atoms with Crippen LogP contribution in [0.5, 0.6) is 11.5 Å². The fourth-order valence-corrected chi connectivity index (χ4v) is 15.7. The third kappa shape index (κ3) is 21.2. The number of hydrogen-bond acceptors (Lipinski definition) is 8. The van der Waals surface area contributed by atoms with Crippen LogP contribution < -0.4 is 24.7 Å². The van der Waals surface area contributed by atoms with Crippen LogP contribution in [0.4, 0.5) is 17.2 Å². The van der Waals surface area contributed by atoms with Crippen molar-refractivity contribution >= 4 is 60.9 Å². The number of anilines is 3. The molecular weight excluding hydrogens is 2220 g/mol. The van der Waals surface area contributed by atoms with E-state index in [4.69, 9.17) is 34.0 Å². The minimum absolute atomic E-state index is 0. The molecule has 0 fully saturated rings. The molecule has 0 N–H and O–H groups in total. The summed E-state index contributed by atoms with van der Waals surface area (Å²) in [6.45, 7) is 0. The quantitative estimate of drug-likeness (QED) is 0.0655. The molecular formula is C120H75Au3N12O. The summed E-state index contributed by atoms with van der Waals surface area (Å²) in [5, 5.41) is 13.6. The van der Waals surface area contributed by atoms with Crippen LogP contribution >= 0.6 is 0 Å². The van der Waals surface area contributed by atoms with Crippen molar-refractivity contribution in [3.8, 4) is 142 Å². The van der Waals surface area contributed by atoms with Gasteiger partial charge in [0.15, 0.2) is 0 Å². The van der Waals surface area contributed by atoms with E-state index in [1.165, 1.54) is 44.2 Å². The molecule has 0 radical (unpaired) electrons. The zero-order valence-corrected chi connectivity index (χ0v) is 79.0. The van der Waals surface area contributed by atoms with Crippen LogP contribution in [0.15, 0.2) is 456 Å². The van der Waals surface area contributed by atoms with Crippen LogP contribution in [-0.2, 0) is 67.1 Å². The van der Waals surface area contributed by atoms with E-state index in [0.29, 0.717) is 17.4 Å². The van der Waals surface area contributed by atoms with Crippen LogP contribution in [-0.4, -0.2) is 39.2 Å². The van der Waals surface area contributed by atoms with Gasteiger partial charge in [0, 0.05) is 46.3 Å². The Hall–Kier alpha value is -16.5. The number of benzene rings is 15. The Balaban J connectivity index is 0.000000130.